The first-order chi connectivity index (χ1) is 12.2. The first kappa shape index (κ1) is 21.0. The Hall–Kier alpha value is -1.32. The van der Waals surface area contributed by atoms with E-state index in [9.17, 15) is 9.90 Å². The average Bonchev–Trinajstić information content (AvgIpc) is 2.67. The second-order valence-corrected chi connectivity index (χ2v) is 7.63. The third-order valence-electron chi connectivity index (χ3n) is 5.82. The van der Waals surface area contributed by atoms with Gasteiger partial charge in [-0.2, -0.15) is 0 Å². The van der Waals surface area contributed by atoms with Gasteiger partial charge >= 0.3 is 5.97 Å². The van der Waals surface area contributed by atoms with E-state index in [1.807, 2.05) is 0 Å². The van der Waals surface area contributed by atoms with Crippen molar-refractivity contribution in [1.82, 2.24) is 4.90 Å². The predicted octanol–water partition coefficient (Wildman–Crippen LogP) is 5.26. The van der Waals surface area contributed by atoms with Crippen molar-refractivity contribution in [3.05, 3.63) is 42.0 Å². The number of nitrogens with zero attached hydrogens (tertiary/aromatic N) is 1. The topological polar surface area (TPSA) is 40.5 Å². The van der Waals surface area contributed by atoms with Crippen LogP contribution in [0.25, 0.3) is 5.57 Å². The molecule has 4 heteroatoms. The molecule has 1 saturated heterocycles. The average molecular weight is 378 g/mol. The van der Waals surface area contributed by atoms with Crippen LogP contribution >= 0.6 is 12.4 Å². The van der Waals surface area contributed by atoms with Gasteiger partial charge < -0.3 is 10.0 Å². The van der Waals surface area contributed by atoms with Crippen molar-refractivity contribution in [2.24, 2.45) is 11.8 Å². The van der Waals surface area contributed by atoms with Crippen LogP contribution in [-0.4, -0.2) is 35.6 Å². The summed E-state index contributed by atoms with van der Waals surface area (Å²) in [7, 11) is 0. The molecule has 1 aromatic rings. The number of carboxylic acid groups (broad SMARTS) is 1. The molecular weight excluding hydrogens is 346 g/mol. The molecule has 0 spiro atoms. The van der Waals surface area contributed by atoms with E-state index in [1.54, 1.807) is 0 Å². The van der Waals surface area contributed by atoms with E-state index in [0.29, 0.717) is 12.5 Å². The van der Waals surface area contributed by atoms with Gasteiger partial charge in [0.1, 0.15) is 0 Å². The number of hydrogen-bond donors (Lipinski definition) is 1. The number of carboxylic acids is 1. The summed E-state index contributed by atoms with van der Waals surface area (Å²) in [5.41, 5.74) is 2.89. The van der Waals surface area contributed by atoms with E-state index >= 15 is 0 Å². The maximum atomic E-state index is 11.2. The lowest BCUT2D eigenvalue weighted by Crippen LogP contribution is -2.39. The Morgan fingerprint density at radius 1 is 1.04 bits per heavy atom. The highest BCUT2D eigenvalue weighted by Crippen LogP contribution is 2.35. The first-order valence-corrected chi connectivity index (χ1v) is 9.94. The molecule has 3 rings (SSSR count). The minimum absolute atomic E-state index is 0. The lowest BCUT2D eigenvalue weighted by atomic mass is 9.80. The molecule has 1 aliphatic heterocycles. The van der Waals surface area contributed by atoms with Crippen LogP contribution in [0.5, 0.6) is 0 Å². The molecule has 1 atom stereocenters. The summed E-state index contributed by atoms with van der Waals surface area (Å²) in [6.45, 7) is 2.74. The van der Waals surface area contributed by atoms with Crippen LogP contribution in [0.3, 0.4) is 0 Å². The van der Waals surface area contributed by atoms with Crippen LogP contribution in [0.1, 0.15) is 56.9 Å². The minimum atomic E-state index is -0.632. The second kappa shape index (κ2) is 10.7. The third kappa shape index (κ3) is 5.85. The van der Waals surface area contributed by atoms with Gasteiger partial charge in [0.15, 0.2) is 0 Å². The molecule has 0 radical (unpaired) electrons. The Morgan fingerprint density at radius 2 is 1.73 bits per heavy atom. The fraction of sp³-hybridized carbons (Fsp3) is 0.591. The van der Waals surface area contributed by atoms with E-state index in [1.165, 1.54) is 43.2 Å². The first-order valence-electron chi connectivity index (χ1n) is 9.94. The van der Waals surface area contributed by atoms with Crippen LogP contribution in [-0.2, 0) is 4.79 Å². The van der Waals surface area contributed by atoms with Crippen molar-refractivity contribution in [3.63, 3.8) is 0 Å². The van der Waals surface area contributed by atoms with E-state index in [0.717, 1.165) is 32.4 Å². The lowest BCUT2D eigenvalue weighted by Gasteiger charge is -2.30. The Labute approximate surface area is 163 Å². The molecular formula is C22H32ClNO2. The van der Waals surface area contributed by atoms with Crippen molar-refractivity contribution >= 4 is 23.9 Å². The molecule has 1 N–H and O–H groups in total. The quantitative estimate of drug-likeness (QED) is 0.735. The summed E-state index contributed by atoms with van der Waals surface area (Å²) < 4.78 is 0. The fourth-order valence-electron chi connectivity index (χ4n) is 4.43. The molecule has 1 heterocycles. The Morgan fingerprint density at radius 3 is 2.42 bits per heavy atom. The molecule has 2 fully saturated rings. The Balaban J connectivity index is 0.00000243. The normalized spacial score (nSPS) is 22.6. The maximum absolute atomic E-state index is 11.2. The number of halogens is 1. The van der Waals surface area contributed by atoms with Crippen molar-refractivity contribution in [1.29, 1.82) is 0 Å². The Bertz CT molecular complexity index is 581. The van der Waals surface area contributed by atoms with Crippen LogP contribution in [0.15, 0.2) is 36.4 Å². The van der Waals surface area contributed by atoms with Crippen molar-refractivity contribution in [2.75, 3.05) is 19.6 Å². The van der Waals surface area contributed by atoms with Gasteiger partial charge in [0.05, 0.1) is 5.92 Å². The highest BCUT2D eigenvalue weighted by molar-refractivity contribution is 5.85. The summed E-state index contributed by atoms with van der Waals surface area (Å²) in [5.74, 6) is -0.110. The van der Waals surface area contributed by atoms with Crippen molar-refractivity contribution < 1.29 is 9.90 Å². The summed E-state index contributed by atoms with van der Waals surface area (Å²) in [4.78, 5) is 13.6. The van der Waals surface area contributed by atoms with Crippen LogP contribution < -0.4 is 0 Å². The van der Waals surface area contributed by atoms with Gasteiger partial charge in [-0.25, -0.2) is 0 Å². The molecule has 1 aromatic carbocycles. The van der Waals surface area contributed by atoms with Crippen LogP contribution in [0.2, 0.25) is 0 Å². The van der Waals surface area contributed by atoms with Gasteiger partial charge in [0, 0.05) is 13.1 Å². The number of rotatable bonds is 6. The fourth-order valence-corrected chi connectivity index (χ4v) is 4.43. The lowest BCUT2D eigenvalue weighted by molar-refractivity contribution is -0.143. The summed E-state index contributed by atoms with van der Waals surface area (Å²) >= 11 is 0. The number of carbonyl (C=O) groups is 1. The second-order valence-electron chi connectivity index (χ2n) is 7.63. The van der Waals surface area contributed by atoms with Gasteiger partial charge in [-0.3, -0.25) is 4.79 Å². The van der Waals surface area contributed by atoms with Gasteiger partial charge in [-0.05, 0) is 55.7 Å². The molecule has 0 amide bonds. The zero-order valence-electron chi connectivity index (χ0n) is 15.6. The van der Waals surface area contributed by atoms with E-state index < -0.39 is 5.97 Å². The highest BCUT2D eigenvalue weighted by atomic mass is 35.5. The summed E-state index contributed by atoms with van der Waals surface area (Å²) in [6, 6.07) is 10.8. The molecule has 0 bridgehead atoms. The molecule has 1 unspecified atom stereocenters. The largest absolute Gasteiger partial charge is 0.481 e. The number of hydrogen-bond acceptors (Lipinski definition) is 2. The monoisotopic (exact) mass is 377 g/mol. The Kier molecular flexibility index (Phi) is 8.67. The number of allylic oxidation sites excluding steroid dienone is 1. The van der Waals surface area contributed by atoms with Gasteiger partial charge in [-0.1, -0.05) is 55.7 Å². The van der Waals surface area contributed by atoms with Gasteiger partial charge in [0.25, 0.3) is 0 Å². The van der Waals surface area contributed by atoms with Gasteiger partial charge in [0.2, 0.25) is 0 Å². The van der Waals surface area contributed by atoms with E-state index in [2.05, 4.69) is 41.3 Å². The molecule has 2 aliphatic rings. The summed E-state index contributed by atoms with van der Waals surface area (Å²) in [6.07, 6.45) is 12.0. The molecule has 1 saturated carbocycles. The number of piperidine rings is 1. The summed E-state index contributed by atoms with van der Waals surface area (Å²) in [5, 5.41) is 9.25. The zero-order valence-corrected chi connectivity index (χ0v) is 16.4. The van der Waals surface area contributed by atoms with Crippen molar-refractivity contribution in [3.8, 4) is 0 Å². The SMILES string of the molecule is Cl.O=C(O)C1CCCN(CC/C=C(/c2ccccc2)C2CCCCC2)C1. The van der Waals surface area contributed by atoms with Crippen LogP contribution in [0.4, 0.5) is 0 Å². The predicted molar refractivity (Wildman–Crippen MR) is 110 cm³/mol. The molecule has 144 valence electrons. The van der Waals surface area contributed by atoms with Crippen molar-refractivity contribution in [2.45, 2.75) is 51.4 Å². The highest BCUT2D eigenvalue weighted by Gasteiger charge is 2.25. The van der Waals surface area contributed by atoms with E-state index in [4.69, 9.17) is 0 Å². The maximum Gasteiger partial charge on any atom is 0.307 e. The molecule has 1 aliphatic carbocycles. The molecule has 26 heavy (non-hydrogen) atoms. The third-order valence-corrected chi connectivity index (χ3v) is 5.82. The minimum Gasteiger partial charge on any atom is -0.481 e. The molecule has 3 nitrogen and oxygen atoms in total. The zero-order chi connectivity index (χ0) is 17.5. The standard InChI is InChI=1S/C22H31NO2.ClH/c24-22(25)20-13-7-15-23(17-20)16-8-14-21(18-9-3-1-4-10-18)19-11-5-2-6-12-19;/h1,3-4,9-10,14,19-20H,2,5-8,11-13,15-17H2,(H,24,25);1H/b21-14-;. The van der Waals surface area contributed by atoms with Crippen LogP contribution in [0, 0.1) is 11.8 Å². The number of benzene rings is 1. The smallest absolute Gasteiger partial charge is 0.307 e. The molecule has 0 aromatic heterocycles. The van der Waals surface area contributed by atoms with Gasteiger partial charge in [-0.15, -0.1) is 12.4 Å². The number of likely N-dealkylation sites (tertiary alicyclic amines) is 1. The number of aliphatic carboxylic acids is 1. The van der Waals surface area contributed by atoms with E-state index in [-0.39, 0.29) is 18.3 Å².